The van der Waals surface area contributed by atoms with Crippen LogP contribution in [0.4, 0.5) is 0 Å². The van der Waals surface area contributed by atoms with Crippen molar-refractivity contribution in [1.82, 2.24) is 19.2 Å². The number of nitrogens with zero attached hydrogens (tertiary/aromatic N) is 4. The zero-order valence-electron chi connectivity index (χ0n) is 14.3. The molecule has 24 heavy (non-hydrogen) atoms. The van der Waals surface area contributed by atoms with Crippen LogP contribution in [0.15, 0.2) is 35.1 Å². The molecule has 0 unspecified atom stereocenters. The molecule has 6 heteroatoms. The predicted octanol–water partition coefficient (Wildman–Crippen LogP) is 1.55. The van der Waals surface area contributed by atoms with Gasteiger partial charge in [-0.25, -0.2) is 9.48 Å². The summed E-state index contributed by atoms with van der Waals surface area (Å²) in [5, 5.41) is 4.41. The molecule has 0 N–H and O–H groups in total. The van der Waals surface area contributed by atoms with Gasteiger partial charge in [0.2, 0.25) is 5.91 Å². The lowest BCUT2D eigenvalue weighted by atomic mass is 9.95. The van der Waals surface area contributed by atoms with Gasteiger partial charge in [0.1, 0.15) is 5.82 Å². The number of amides is 1. The van der Waals surface area contributed by atoms with E-state index in [9.17, 15) is 9.59 Å². The molecule has 0 atom stereocenters. The summed E-state index contributed by atoms with van der Waals surface area (Å²) in [5.74, 6) is 1.29. The molecule has 1 aromatic carbocycles. The van der Waals surface area contributed by atoms with Crippen molar-refractivity contribution in [3.05, 3.63) is 52.2 Å². The summed E-state index contributed by atoms with van der Waals surface area (Å²) in [5.41, 5.74) is 0.990. The fourth-order valence-corrected chi connectivity index (χ4v) is 3.39. The van der Waals surface area contributed by atoms with E-state index in [4.69, 9.17) is 0 Å². The Morgan fingerprint density at radius 1 is 1.21 bits per heavy atom. The van der Waals surface area contributed by atoms with Crippen LogP contribution in [0.1, 0.15) is 37.1 Å². The topological polar surface area (TPSA) is 60.1 Å². The standard InChI is InChI=1S/C18H24N4O2/c1-3-22-17(19-20(2)18(22)24)15-9-11-21(12-10-15)16(23)13-14-7-5-4-6-8-14/h4-8,15H,3,9-13H2,1-2H3. The molecule has 2 aromatic rings. The van der Waals surface area contributed by atoms with Crippen molar-refractivity contribution in [1.29, 1.82) is 0 Å². The Hall–Kier alpha value is -2.37. The maximum absolute atomic E-state index is 12.4. The van der Waals surface area contributed by atoms with Crippen LogP contribution in [0.2, 0.25) is 0 Å². The molecule has 3 rings (SSSR count). The maximum Gasteiger partial charge on any atom is 0.345 e. The third-order valence-corrected chi connectivity index (χ3v) is 4.76. The predicted molar refractivity (Wildman–Crippen MR) is 91.8 cm³/mol. The molecule has 0 aliphatic carbocycles. The Morgan fingerprint density at radius 3 is 2.50 bits per heavy atom. The van der Waals surface area contributed by atoms with Gasteiger partial charge in [-0.1, -0.05) is 30.3 Å². The minimum absolute atomic E-state index is 0.0601. The molecule has 1 aromatic heterocycles. The van der Waals surface area contributed by atoms with Gasteiger partial charge in [0.25, 0.3) is 0 Å². The summed E-state index contributed by atoms with van der Waals surface area (Å²) in [6.45, 7) is 4.05. The second-order valence-corrected chi connectivity index (χ2v) is 6.33. The van der Waals surface area contributed by atoms with E-state index in [0.717, 1.165) is 37.3 Å². The van der Waals surface area contributed by atoms with Crippen LogP contribution >= 0.6 is 0 Å². The Kier molecular flexibility index (Phi) is 4.83. The molecular weight excluding hydrogens is 304 g/mol. The van der Waals surface area contributed by atoms with E-state index in [2.05, 4.69) is 5.10 Å². The maximum atomic E-state index is 12.4. The molecule has 0 radical (unpaired) electrons. The second-order valence-electron chi connectivity index (χ2n) is 6.33. The third kappa shape index (κ3) is 3.27. The molecule has 1 aliphatic heterocycles. The molecule has 1 saturated heterocycles. The number of carbonyl (C=O) groups is 1. The molecular formula is C18H24N4O2. The normalized spacial score (nSPS) is 15.7. The van der Waals surface area contributed by atoms with E-state index in [0.29, 0.717) is 13.0 Å². The average molecular weight is 328 g/mol. The Bertz CT molecular complexity index is 755. The summed E-state index contributed by atoms with van der Waals surface area (Å²) in [4.78, 5) is 26.4. The number of hydrogen-bond donors (Lipinski definition) is 0. The second kappa shape index (κ2) is 7.03. The first-order valence-corrected chi connectivity index (χ1v) is 8.55. The van der Waals surface area contributed by atoms with E-state index in [1.807, 2.05) is 42.2 Å². The number of carbonyl (C=O) groups excluding carboxylic acids is 1. The number of aryl methyl sites for hydroxylation is 1. The fraction of sp³-hybridized carbons (Fsp3) is 0.500. The number of piperidine rings is 1. The fourth-order valence-electron chi connectivity index (χ4n) is 3.39. The zero-order valence-corrected chi connectivity index (χ0v) is 14.3. The highest BCUT2D eigenvalue weighted by atomic mass is 16.2. The van der Waals surface area contributed by atoms with Gasteiger partial charge in [-0.3, -0.25) is 9.36 Å². The van der Waals surface area contributed by atoms with Crippen molar-refractivity contribution in [2.45, 2.75) is 38.6 Å². The molecule has 1 aliphatic rings. The largest absolute Gasteiger partial charge is 0.345 e. The first-order chi connectivity index (χ1) is 11.6. The number of aromatic nitrogens is 3. The number of likely N-dealkylation sites (tertiary alicyclic amines) is 1. The molecule has 2 heterocycles. The Balaban J connectivity index is 1.63. The lowest BCUT2D eigenvalue weighted by Crippen LogP contribution is -2.39. The Morgan fingerprint density at radius 2 is 1.88 bits per heavy atom. The molecule has 0 saturated carbocycles. The van der Waals surface area contributed by atoms with Gasteiger partial charge < -0.3 is 4.90 Å². The smallest absolute Gasteiger partial charge is 0.342 e. The van der Waals surface area contributed by atoms with Gasteiger partial charge >= 0.3 is 5.69 Å². The number of hydrogen-bond acceptors (Lipinski definition) is 3. The van der Waals surface area contributed by atoms with Gasteiger partial charge in [-0.15, -0.1) is 0 Å². The monoisotopic (exact) mass is 328 g/mol. The number of benzene rings is 1. The summed E-state index contributed by atoms with van der Waals surface area (Å²) in [6, 6.07) is 9.84. The van der Waals surface area contributed by atoms with Gasteiger partial charge in [0.15, 0.2) is 0 Å². The van der Waals surface area contributed by atoms with Crippen LogP contribution in [-0.2, 0) is 24.8 Å². The van der Waals surface area contributed by atoms with Crippen molar-refractivity contribution in [2.75, 3.05) is 13.1 Å². The van der Waals surface area contributed by atoms with Crippen molar-refractivity contribution < 1.29 is 4.79 Å². The van der Waals surface area contributed by atoms with E-state index in [1.165, 1.54) is 4.68 Å². The molecule has 1 fully saturated rings. The van der Waals surface area contributed by atoms with Crippen LogP contribution in [0.3, 0.4) is 0 Å². The van der Waals surface area contributed by atoms with Crippen molar-refractivity contribution >= 4 is 5.91 Å². The summed E-state index contributed by atoms with van der Waals surface area (Å²) >= 11 is 0. The summed E-state index contributed by atoms with van der Waals surface area (Å²) in [7, 11) is 1.69. The summed E-state index contributed by atoms with van der Waals surface area (Å²) in [6.07, 6.45) is 2.17. The van der Waals surface area contributed by atoms with Crippen molar-refractivity contribution in [2.24, 2.45) is 7.05 Å². The SMILES string of the molecule is CCn1c(C2CCN(C(=O)Cc3ccccc3)CC2)nn(C)c1=O. The highest BCUT2D eigenvalue weighted by molar-refractivity contribution is 5.78. The zero-order chi connectivity index (χ0) is 17.1. The minimum Gasteiger partial charge on any atom is -0.342 e. The van der Waals surface area contributed by atoms with E-state index in [1.54, 1.807) is 11.6 Å². The Labute approximate surface area is 141 Å². The lowest BCUT2D eigenvalue weighted by molar-refractivity contribution is -0.131. The van der Waals surface area contributed by atoms with Crippen LogP contribution in [0.5, 0.6) is 0 Å². The van der Waals surface area contributed by atoms with Crippen molar-refractivity contribution in [3.63, 3.8) is 0 Å². The molecule has 6 nitrogen and oxygen atoms in total. The highest BCUT2D eigenvalue weighted by Crippen LogP contribution is 2.26. The molecule has 0 bridgehead atoms. The van der Waals surface area contributed by atoms with Crippen LogP contribution in [0.25, 0.3) is 0 Å². The van der Waals surface area contributed by atoms with Crippen LogP contribution in [0, 0.1) is 0 Å². The quantitative estimate of drug-likeness (QED) is 0.855. The van der Waals surface area contributed by atoms with E-state index >= 15 is 0 Å². The molecule has 1 amide bonds. The van der Waals surface area contributed by atoms with Gasteiger partial charge in [0.05, 0.1) is 6.42 Å². The van der Waals surface area contributed by atoms with Gasteiger partial charge in [0, 0.05) is 32.6 Å². The molecule has 128 valence electrons. The first-order valence-electron chi connectivity index (χ1n) is 8.55. The lowest BCUT2D eigenvalue weighted by Gasteiger charge is -2.31. The third-order valence-electron chi connectivity index (χ3n) is 4.76. The van der Waals surface area contributed by atoms with Crippen LogP contribution < -0.4 is 5.69 Å². The minimum atomic E-state index is -0.0601. The summed E-state index contributed by atoms with van der Waals surface area (Å²) < 4.78 is 3.15. The number of rotatable bonds is 4. The first kappa shape index (κ1) is 16.5. The molecule has 0 spiro atoms. The van der Waals surface area contributed by atoms with Crippen LogP contribution in [-0.4, -0.2) is 38.2 Å². The van der Waals surface area contributed by atoms with Gasteiger partial charge in [-0.2, -0.15) is 5.10 Å². The highest BCUT2D eigenvalue weighted by Gasteiger charge is 2.27. The van der Waals surface area contributed by atoms with E-state index < -0.39 is 0 Å². The van der Waals surface area contributed by atoms with E-state index in [-0.39, 0.29) is 17.5 Å². The van der Waals surface area contributed by atoms with Crippen molar-refractivity contribution in [3.8, 4) is 0 Å². The average Bonchev–Trinajstić information content (AvgIpc) is 2.90. The van der Waals surface area contributed by atoms with Gasteiger partial charge in [-0.05, 0) is 25.3 Å².